The van der Waals surface area contributed by atoms with Crippen LogP contribution in [0.3, 0.4) is 0 Å². The zero-order chi connectivity index (χ0) is 20.9. The second-order valence-corrected chi connectivity index (χ2v) is 7.84. The summed E-state index contributed by atoms with van der Waals surface area (Å²) in [6.07, 6.45) is 6.41. The van der Waals surface area contributed by atoms with Gasteiger partial charge in [0.1, 0.15) is 17.9 Å². The summed E-state index contributed by atoms with van der Waals surface area (Å²) in [6, 6.07) is 5.26. The van der Waals surface area contributed by atoms with Gasteiger partial charge in [0.05, 0.1) is 23.5 Å². The number of nitrogens with two attached hydrogens (primary N) is 1. The second kappa shape index (κ2) is 8.82. The van der Waals surface area contributed by atoms with Crippen molar-refractivity contribution < 1.29 is 14.3 Å². The van der Waals surface area contributed by atoms with E-state index in [0.717, 1.165) is 12.8 Å². The number of carbonyl (C=O) groups excluding carboxylic acids is 1. The van der Waals surface area contributed by atoms with Gasteiger partial charge >= 0.3 is 6.09 Å². The first-order valence-electron chi connectivity index (χ1n) is 9.62. The van der Waals surface area contributed by atoms with Gasteiger partial charge in [0.25, 0.3) is 0 Å². The molecule has 3 rings (SSSR count). The molecule has 2 N–H and O–H groups in total. The van der Waals surface area contributed by atoms with E-state index in [0.29, 0.717) is 35.8 Å². The minimum atomic E-state index is -0.523. The number of pyridine rings is 2. The molecule has 1 aliphatic rings. The van der Waals surface area contributed by atoms with Gasteiger partial charge in [-0.1, -0.05) is 5.92 Å². The zero-order valence-electron chi connectivity index (χ0n) is 17.0. The van der Waals surface area contributed by atoms with Crippen LogP contribution in [-0.2, 0) is 4.74 Å². The summed E-state index contributed by atoms with van der Waals surface area (Å²) < 4.78 is 11.5. The summed E-state index contributed by atoms with van der Waals surface area (Å²) in [4.78, 5) is 22.5. The number of likely N-dealkylation sites (tertiary alicyclic amines) is 1. The Morgan fingerprint density at radius 3 is 2.90 bits per heavy atom. The van der Waals surface area contributed by atoms with Crippen LogP contribution in [0.15, 0.2) is 36.8 Å². The smallest absolute Gasteiger partial charge is 0.410 e. The van der Waals surface area contributed by atoms with Crippen LogP contribution >= 0.6 is 0 Å². The van der Waals surface area contributed by atoms with Crippen molar-refractivity contribution in [1.29, 1.82) is 0 Å². The topological polar surface area (TPSA) is 90.6 Å². The molecule has 0 saturated carbocycles. The molecule has 3 heterocycles. The van der Waals surface area contributed by atoms with Crippen molar-refractivity contribution in [2.45, 2.75) is 45.3 Å². The highest BCUT2D eigenvalue weighted by molar-refractivity contribution is 5.69. The lowest BCUT2D eigenvalue weighted by Crippen LogP contribution is -2.42. The Morgan fingerprint density at radius 1 is 1.31 bits per heavy atom. The summed E-state index contributed by atoms with van der Waals surface area (Å²) in [6.45, 7) is 6.61. The molecule has 1 aliphatic heterocycles. The molecule has 0 unspecified atom stereocenters. The molecular weight excluding hydrogens is 368 g/mol. The van der Waals surface area contributed by atoms with E-state index in [9.17, 15) is 4.79 Å². The van der Waals surface area contributed by atoms with Gasteiger partial charge in [0.2, 0.25) is 0 Å². The van der Waals surface area contributed by atoms with Crippen LogP contribution in [0, 0.1) is 11.8 Å². The molecule has 2 aromatic rings. The molecule has 7 heteroatoms. The third-order valence-corrected chi connectivity index (χ3v) is 4.38. The fraction of sp³-hybridized carbons (Fsp3) is 0.409. The predicted molar refractivity (Wildman–Crippen MR) is 110 cm³/mol. The molecule has 0 aromatic carbocycles. The van der Waals surface area contributed by atoms with Crippen LogP contribution in [0.5, 0.6) is 5.75 Å². The SMILES string of the molecule is CC(C)(C)OC(=O)N1CCC[C@@H]1COc1cnccc1C#Cc1ncccc1N. The fourth-order valence-electron chi connectivity index (χ4n) is 3.00. The van der Waals surface area contributed by atoms with E-state index in [1.807, 2.05) is 20.8 Å². The third-order valence-electron chi connectivity index (χ3n) is 4.38. The number of ether oxygens (including phenoxy) is 2. The van der Waals surface area contributed by atoms with Crippen molar-refractivity contribution in [3.05, 3.63) is 48.0 Å². The Labute approximate surface area is 171 Å². The van der Waals surface area contributed by atoms with Gasteiger partial charge in [-0.05, 0) is 57.7 Å². The highest BCUT2D eigenvalue weighted by Crippen LogP contribution is 2.23. The van der Waals surface area contributed by atoms with Gasteiger partial charge in [0.15, 0.2) is 5.75 Å². The van der Waals surface area contributed by atoms with Gasteiger partial charge in [-0.25, -0.2) is 9.78 Å². The number of rotatable bonds is 3. The molecule has 2 aromatic heterocycles. The summed E-state index contributed by atoms with van der Waals surface area (Å²) in [7, 11) is 0. The standard InChI is InChI=1S/C22H26N4O3/c1-22(2,3)29-21(27)26-13-5-6-17(26)15-28-20-14-24-12-10-16(20)8-9-19-18(23)7-4-11-25-19/h4,7,10-12,14,17H,5-6,13,15,23H2,1-3H3/t17-/m1/s1. The van der Waals surface area contributed by atoms with E-state index in [4.69, 9.17) is 15.2 Å². The first-order chi connectivity index (χ1) is 13.8. The molecule has 1 saturated heterocycles. The van der Waals surface area contributed by atoms with Gasteiger partial charge in [-0.2, -0.15) is 0 Å². The molecule has 1 amide bonds. The summed E-state index contributed by atoms with van der Waals surface area (Å²) in [5.41, 5.74) is 7.10. The minimum Gasteiger partial charge on any atom is -0.489 e. The number of nitrogen functional groups attached to an aromatic ring is 1. The lowest BCUT2D eigenvalue weighted by Gasteiger charge is -2.28. The molecule has 1 atom stereocenters. The summed E-state index contributed by atoms with van der Waals surface area (Å²) >= 11 is 0. The normalized spacial score (nSPS) is 16.1. The van der Waals surface area contributed by atoms with E-state index >= 15 is 0 Å². The molecule has 0 radical (unpaired) electrons. The van der Waals surface area contributed by atoms with Crippen LogP contribution in [0.2, 0.25) is 0 Å². The van der Waals surface area contributed by atoms with Crippen molar-refractivity contribution in [1.82, 2.24) is 14.9 Å². The van der Waals surface area contributed by atoms with Gasteiger partial charge in [0, 0.05) is 18.9 Å². The van der Waals surface area contributed by atoms with E-state index in [2.05, 4.69) is 21.8 Å². The number of nitrogens with zero attached hydrogens (tertiary/aromatic N) is 3. The number of hydrogen-bond acceptors (Lipinski definition) is 6. The maximum Gasteiger partial charge on any atom is 0.410 e. The number of hydrogen-bond donors (Lipinski definition) is 1. The van der Waals surface area contributed by atoms with Gasteiger partial charge < -0.3 is 20.1 Å². The largest absolute Gasteiger partial charge is 0.489 e. The van der Waals surface area contributed by atoms with E-state index in [1.165, 1.54) is 0 Å². The van der Waals surface area contributed by atoms with E-state index in [1.54, 1.807) is 41.7 Å². The number of aromatic nitrogens is 2. The first-order valence-corrected chi connectivity index (χ1v) is 9.62. The van der Waals surface area contributed by atoms with Crippen LogP contribution in [0.25, 0.3) is 0 Å². The molecule has 7 nitrogen and oxygen atoms in total. The molecule has 29 heavy (non-hydrogen) atoms. The molecule has 0 bridgehead atoms. The summed E-state index contributed by atoms with van der Waals surface area (Å²) in [5.74, 6) is 6.58. The van der Waals surface area contributed by atoms with Crippen molar-refractivity contribution in [2.75, 3.05) is 18.9 Å². The maximum atomic E-state index is 12.4. The number of carbonyl (C=O) groups is 1. The molecule has 1 fully saturated rings. The van der Waals surface area contributed by atoms with Crippen molar-refractivity contribution in [3.8, 4) is 17.6 Å². The Bertz CT molecular complexity index is 927. The fourth-order valence-corrected chi connectivity index (χ4v) is 3.00. The highest BCUT2D eigenvalue weighted by Gasteiger charge is 2.32. The van der Waals surface area contributed by atoms with Crippen molar-refractivity contribution in [2.24, 2.45) is 0 Å². The van der Waals surface area contributed by atoms with Crippen LogP contribution < -0.4 is 10.5 Å². The lowest BCUT2D eigenvalue weighted by atomic mass is 10.2. The molecule has 0 aliphatic carbocycles. The van der Waals surface area contributed by atoms with E-state index in [-0.39, 0.29) is 12.1 Å². The maximum absolute atomic E-state index is 12.4. The first kappa shape index (κ1) is 20.5. The Balaban J connectivity index is 1.69. The van der Waals surface area contributed by atoms with Crippen molar-refractivity contribution >= 4 is 11.8 Å². The highest BCUT2D eigenvalue weighted by atomic mass is 16.6. The second-order valence-electron chi connectivity index (χ2n) is 7.84. The van der Waals surface area contributed by atoms with Gasteiger partial charge in [-0.15, -0.1) is 0 Å². The molecule has 152 valence electrons. The van der Waals surface area contributed by atoms with Crippen LogP contribution in [0.4, 0.5) is 10.5 Å². The Kier molecular flexibility index (Phi) is 6.23. The molecule has 0 spiro atoms. The Hall–Kier alpha value is -3.27. The lowest BCUT2D eigenvalue weighted by molar-refractivity contribution is 0.0187. The summed E-state index contributed by atoms with van der Waals surface area (Å²) in [5, 5.41) is 0. The monoisotopic (exact) mass is 394 g/mol. The third kappa shape index (κ3) is 5.61. The van der Waals surface area contributed by atoms with Crippen LogP contribution in [-0.4, -0.2) is 45.8 Å². The van der Waals surface area contributed by atoms with Crippen molar-refractivity contribution in [3.63, 3.8) is 0 Å². The number of anilines is 1. The number of amides is 1. The van der Waals surface area contributed by atoms with Crippen LogP contribution in [0.1, 0.15) is 44.9 Å². The minimum absolute atomic E-state index is 0.0442. The van der Waals surface area contributed by atoms with E-state index < -0.39 is 5.60 Å². The quantitative estimate of drug-likeness (QED) is 0.804. The zero-order valence-corrected chi connectivity index (χ0v) is 17.0. The average Bonchev–Trinajstić information content (AvgIpc) is 3.14. The predicted octanol–water partition coefficient (Wildman–Crippen LogP) is 3.24. The average molecular weight is 394 g/mol. The molecular formula is C22H26N4O3. The Morgan fingerprint density at radius 2 is 2.14 bits per heavy atom. The van der Waals surface area contributed by atoms with Gasteiger partial charge in [-0.3, -0.25) is 4.98 Å².